The molecule has 0 aliphatic carbocycles. The van der Waals surface area contributed by atoms with Crippen LogP contribution in [0.3, 0.4) is 0 Å². The van der Waals surface area contributed by atoms with Gasteiger partial charge in [0, 0.05) is 31.0 Å². The van der Waals surface area contributed by atoms with E-state index in [0.29, 0.717) is 6.42 Å². The minimum Gasteiger partial charge on any atom is -0.497 e. The third-order valence-corrected chi connectivity index (χ3v) is 5.17. The summed E-state index contributed by atoms with van der Waals surface area (Å²) < 4.78 is 7.53. The molecule has 1 amide bonds. The van der Waals surface area contributed by atoms with Crippen molar-refractivity contribution in [3.05, 3.63) is 24.3 Å². The molecule has 0 saturated carbocycles. The predicted octanol–water partition coefficient (Wildman–Crippen LogP) is 1.60. The number of hydrogen-bond acceptors (Lipinski definition) is 5. The Kier molecular flexibility index (Phi) is 4.37. The number of benzene rings is 1. The van der Waals surface area contributed by atoms with Crippen molar-refractivity contribution in [3.63, 3.8) is 0 Å². The summed E-state index contributed by atoms with van der Waals surface area (Å²) in [5.41, 5.74) is -0.174. The Balaban J connectivity index is 1.54. The van der Waals surface area contributed by atoms with Gasteiger partial charge in [-0.25, -0.2) is 4.31 Å². The highest BCUT2D eigenvalue weighted by Crippen LogP contribution is 2.30. The van der Waals surface area contributed by atoms with E-state index in [0.717, 1.165) is 38.2 Å². The van der Waals surface area contributed by atoms with E-state index in [1.807, 2.05) is 12.1 Å². The van der Waals surface area contributed by atoms with Crippen LogP contribution in [0.15, 0.2) is 29.2 Å². The number of amides is 1. The highest BCUT2D eigenvalue weighted by atomic mass is 32.2. The molecule has 0 unspecified atom stereocenters. The van der Waals surface area contributed by atoms with E-state index in [4.69, 9.17) is 4.74 Å². The minimum absolute atomic E-state index is 0.171. The monoisotopic (exact) mass is 307 g/mol. The average molecular weight is 307 g/mol. The van der Waals surface area contributed by atoms with Crippen LogP contribution in [-0.2, 0) is 4.79 Å². The zero-order chi connectivity index (χ0) is 14.7. The Labute approximate surface area is 129 Å². The second-order valence-corrected chi connectivity index (χ2v) is 6.67. The maximum absolute atomic E-state index is 11.6. The number of rotatable bonds is 3. The number of nitrogens with zero attached hydrogens (tertiary/aromatic N) is 1. The summed E-state index contributed by atoms with van der Waals surface area (Å²) in [6.45, 7) is 2.71. The molecule has 1 aromatic carbocycles. The number of methoxy groups -OCH3 is 1. The smallest absolute Gasteiger partial charge is 0.222 e. The van der Waals surface area contributed by atoms with Gasteiger partial charge in [0.2, 0.25) is 5.91 Å². The van der Waals surface area contributed by atoms with Gasteiger partial charge in [-0.15, -0.1) is 0 Å². The number of carbonyl (C=O) groups is 1. The van der Waals surface area contributed by atoms with Gasteiger partial charge in [0.05, 0.1) is 12.8 Å². The summed E-state index contributed by atoms with van der Waals surface area (Å²) in [5, 5.41) is 6.61. The molecule has 1 spiro atoms. The highest BCUT2D eigenvalue weighted by molar-refractivity contribution is 7.97. The summed E-state index contributed by atoms with van der Waals surface area (Å²) in [7, 11) is 1.68. The molecule has 2 saturated heterocycles. The van der Waals surface area contributed by atoms with Crippen LogP contribution in [0.1, 0.15) is 19.3 Å². The summed E-state index contributed by atoms with van der Waals surface area (Å²) in [5.74, 6) is 1.05. The van der Waals surface area contributed by atoms with Crippen LogP contribution in [0, 0.1) is 0 Å². The Morgan fingerprint density at radius 2 is 1.95 bits per heavy atom. The highest BCUT2D eigenvalue weighted by Gasteiger charge is 2.37. The van der Waals surface area contributed by atoms with Crippen molar-refractivity contribution < 1.29 is 9.53 Å². The first kappa shape index (κ1) is 14.7. The zero-order valence-corrected chi connectivity index (χ0v) is 13.0. The summed E-state index contributed by atoms with van der Waals surface area (Å²) in [4.78, 5) is 12.8. The Morgan fingerprint density at radius 1 is 1.24 bits per heavy atom. The van der Waals surface area contributed by atoms with Crippen LogP contribution in [0.25, 0.3) is 0 Å². The summed E-state index contributed by atoms with van der Waals surface area (Å²) in [6, 6.07) is 8.12. The topological polar surface area (TPSA) is 53.6 Å². The molecule has 114 valence electrons. The molecule has 5 nitrogen and oxygen atoms in total. The first-order valence-electron chi connectivity index (χ1n) is 7.32. The van der Waals surface area contributed by atoms with Crippen molar-refractivity contribution in [1.29, 1.82) is 0 Å². The van der Waals surface area contributed by atoms with Crippen LogP contribution in [0.5, 0.6) is 5.75 Å². The molecule has 21 heavy (non-hydrogen) atoms. The van der Waals surface area contributed by atoms with E-state index in [9.17, 15) is 4.79 Å². The molecule has 0 bridgehead atoms. The fraction of sp³-hybridized carbons (Fsp3) is 0.533. The molecular weight excluding hydrogens is 286 g/mol. The van der Waals surface area contributed by atoms with Crippen molar-refractivity contribution in [2.45, 2.75) is 29.8 Å². The fourth-order valence-corrected chi connectivity index (χ4v) is 3.76. The van der Waals surface area contributed by atoms with Gasteiger partial charge in [-0.1, -0.05) is 0 Å². The van der Waals surface area contributed by atoms with Gasteiger partial charge < -0.3 is 10.1 Å². The molecule has 2 fully saturated rings. The fourth-order valence-electron chi connectivity index (χ4n) is 2.84. The number of piperidine rings is 1. The largest absolute Gasteiger partial charge is 0.497 e. The van der Waals surface area contributed by atoms with Crippen molar-refractivity contribution in [3.8, 4) is 5.75 Å². The van der Waals surface area contributed by atoms with Gasteiger partial charge in [-0.3, -0.25) is 10.1 Å². The number of ether oxygens (including phenoxy) is 1. The third kappa shape index (κ3) is 3.51. The first-order valence-corrected chi connectivity index (χ1v) is 8.09. The maximum atomic E-state index is 11.6. The summed E-state index contributed by atoms with van der Waals surface area (Å²) in [6.07, 6.45) is 2.48. The summed E-state index contributed by atoms with van der Waals surface area (Å²) >= 11 is 1.77. The lowest BCUT2D eigenvalue weighted by Crippen LogP contribution is -2.66. The van der Waals surface area contributed by atoms with Gasteiger partial charge in [0.25, 0.3) is 0 Å². The minimum atomic E-state index is -0.174. The SMILES string of the molecule is COc1ccc(SN2CCC3(CC2)NCCC(=O)N3)cc1. The quantitative estimate of drug-likeness (QED) is 0.831. The number of carbonyl (C=O) groups excluding carboxylic acids is 1. The lowest BCUT2D eigenvalue weighted by Gasteiger charge is -2.44. The van der Waals surface area contributed by atoms with Crippen LogP contribution >= 0.6 is 11.9 Å². The predicted molar refractivity (Wildman–Crippen MR) is 83.2 cm³/mol. The molecule has 3 rings (SSSR count). The number of nitrogens with one attached hydrogen (secondary N) is 2. The molecular formula is C15H21N3O2S. The molecule has 0 aromatic heterocycles. The van der Waals surface area contributed by atoms with Gasteiger partial charge in [0.1, 0.15) is 5.75 Å². The van der Waals surface area contributed by atoms with Crippen LogP contribution in [0.2, 0.25) is 0 Å². The van der Waals surface area contributed by atoms with Crippen LogP contribution in [0.4, 0.5) is 0 Å². The van der Waals surface area contributed by atoms with E-state index in [1.54, 1.807) is 19.1 Å². The molecule has 2 aliphatic rings. The third-order valence-electron chi connectivity index (χ3n) is 4.06. The van der Waals surface area contributed by atoms with Crippen LogP contribution < -0.4 is 15.4 Å². The second-order valence-electron chi connectivity index (χ2n) is 5.50. The van der Waals surface area contributed by atoms with Crippen molar-refractivity contribution in [2.75, 3.05) is 26.7 Å². The lowest BCUT2D eigenvalue weighted by atomic mass is 9.95. The molecule has 2 heterocycles. The van der Waals surface area contributed by atoms with Crippen molar-refractivity contribution in [2.24, 2.45) is 0 Å². The maximum Gasteiger partial charge on any atom is 0.222 e. The number of hydrogen-bond donors (Lipinski definition) is 2. The molecule has 0 atom stereocenters. The van der Waals surface area contributed by atoms with Gasteiger partial charge in [0.15, 0.2) is 0 Å². The Hall–Kier alpha value is -1.24. The Bertz CT molecular complexity index is 498. The zero-order valence-electron chi connectivity index (χ0n) is 12.2. The van der Waals surface area contributed by atoms with Crippen molar-refractivity contribution >= 4 is 17.9 Å². The van der Waals surface area contributed by atoms with Crippen molar-refractivity contribution in [1.82, 2.24) is 14.9 Å². The molecule has 2 aliphatic heterocycles. The molecule has 2 N–H and O–H groups in total. The van der Waals surface area contributed by atoms with Gasteiger partial charge in [-0.2, -0.15) is 0 Å². The molecule has 0 radical (unpaired) electrons. The standard InChI is InChI=1S/C15H21N3O2S/c1-20-12-2-4-13(5-3-12)21-18-10-7-15(8-11-18)16-9-6-14(19)17-15/h2-5,16H,6-11H2,1H3,(H,17,19). The molecule has 6 heteroatoms. The van der Waals surface area contributed by atoms with E-state index in [-0.39, 0.29) is 11.6 Å². The lowest BCUT2D eigenvalue weighted by molar-refractivity contribution is -0.126. The van der Waals surface area contributed by atoms with E-state index >= 15 is 0 Å². The average Bonchev–Trinajstić information content (AvgIpc) is 2.51. The van der Waals surface area contributed by atoms with E-state index in [1.165, 1.54) is 4.90 Å². The van der Waals surface area contributed by atoms with E-state index < -0.39 is 0 Å². The van der Waals surface area contributed by atoms with Crippen LogP contribution in [-0.4, -0.2) is 42.6 Å². The normalized spacial score (nSPS) is 22.0. The molecule has 1 aromatic rings. The van der Waals surface area contributed by atoms with E-state index in [2.05, 4.69) is 27.1 Å². The Morgan fingerprint density at radius 3 is 2.57 bits per heavy atom. The second kappa shape index (κ2) is 6.25. The first-order chi connectivity index (χ1) is 10.2. The van der Waals surface area contributed by atoms with Gasteiger partial charge >= 0.3 is 0 Å². The van der Waals surface area contributed by atoms with Gasteiger partial charge in [-0.05, 0) is 49.1 Å².